The number of aliphatic carboxylic acids is 1. The number of amides is 1. The molecule has 3 rings (SSSR count). The molecule has 0 spiro atoms. The largest absolute Gasteiger partial charge is 0.497 e. The van der Waals surface area contributed by atoms with Crippen LogP contribution in [0.5, 0.6) is 5.75 Å². The Kier molecular flexibility index (Phi) is 5.46. The molecule has 1 aromatic carbocycles. The van der Waals surface area contributed by atoms with Crippen LogP contribution in [-0.4, -0.2) is 62.6 Å². The van der Waals surface area contributed by atoms with E-state index in [0.717, 1.165) is 5.56 Å². The third kappa shape index (κ3) is 3.82. The van der Waals surface area contributed by atoms with Gasteiger partial charge in [-0.1, -0.05) is 23.9 Å². The lowest BCUT2D eigenvalue weighted by Crippen LogP contribution is -2.31. The van der Waals surface area contributed by atoms with E-state index in [1.165, 1.54) is 11.8 Å². The average molecular weight is 376 g/mol. The number of rotatable bonds is 6. The Morgan fingerprint density at radius 3 is 2.85 bits per heavy atom. The highest BCUT2D eigenvalue weighted by Gasteiger charge is 2.40. The molecule has 0 aliphatic carbocycles. The third-order valence-electron chi connectivity index (χ3n) is 4.51. The molecule has 0 bridgehead atoms. The first-order valence-electron chi connectivity index (χ1n) is 8.11. The zero-order valence-corrected chi connectivity index (χ0v) is 15.3. The second-order valence-corrected chi connectivity index (χ2v) is 7.08. The normalized spacial score (nSPS) is 19.5. The third-order valence-corrected chi connectivity index (χ3v) is 5.53. The fourth-order valence-corrected chi connectivity index (χ4v) is 3.88. The molecule has 1 amide bonds. The molecule has 138 valence electrons. The Labute approximate surface area is 155 Å². The number of benzene rings is 1. The molecule has 1 fully saturated rings. The van der Waals surface area contributed by atoms with Gasteiger partial charge < -0.3 is 19.3 Å². The summed E-state index contributed by atoms with van der Waals surface area (Å²) in [6.07, 6.45) is 1.57. The van der Waals surface area contributed by atoms with E-state index in [1.807, 2.05) is 31.3 Å². The number of aryl methyl sites for hydroxylation is 1. The van der Waals surface area contributed by atoms with E-state index in [-0.39, 0.29) is 24.1 Å². The van der Waals surface area contributed by atoms with Crippen LogP contribution < -0.4 is 4.74 Å². The first-order chi connectivity index (χ1) is 12.5. The first-order valence-corrected chi connectivity index (χ1v) is 9.09. The van der Waals surface area contributed by atoms with Gasteiger partial charge in [0.05, 0.1) is 18.8 Å². The number of carbonyl (C=O) groups is 2. The van der Waals surface area contributed by atoms with Crippen LogP contribution in [0.4, 0.5) is 0 Å². The monoisotopic (exact) mass is 376 g/mol. The summed E-state index contributed by atoms with van der Waals surface area (Å²) in [7, 11) is 3.38. The fourth-order valence-electron chi connectivity index (χ4n) is 3.09. The summed E-state index contributed by atoms with van der Waals surface area (Å²) >= 11 is 1.29. The maximum atomic E-state index is 12.5. The number of carboxylic acids is 1. The van der Waals surface area contributed by atoms with Crippen molar-refractivity contribution in [2.45, 2.75) is 11.1 Å². The number of hydrogen-bond donors (Lipinski definition) is 1. The molecule has 0 unspecified atom stereocenters. The topological polar surface area (TPSA) is 97.5 Å². The van der Waals surface area contributed by atoms with Gasteiger partial charge in [0.25, 0.3) is 0 Å². The number of likely N-dealkylation sites (tertiary alicyclic amines) is 1. The van der Waals surface area contributed by atoms with Crippen molar-refractivity contribution in [2.75, 3.05) is 26.0 Å². The SMILES string of the molecule is COc1cccc([C@@H]2CN(C(=O)CSc3nncn3C)C[C@H]2C(=O)O)c1. The number of carboxylic acid groups (broad SMARTS) is 1. The van der Waals surface area contributed by atoms with Crippen LogP contribution in [0.3, 0.4) is 0 Å². The molecule has 0 radical (unpaired) electrons. The molecule has 1 saturated heterocycles. The van der Waals surface area contributed by atoms with E-state index in [0.29, 0.717) is 17.5 Å². The summed E-state index contributed by atoms with van der Waals surface area (Å²) in [5.41, 5.74) is 0.869. The average Bonchev–Trinajstić information content (AvgIpc) is 3.26. The van der Waals surface area contributed by atoms with Gasteiger partial charge in [0.1, 0.15) is 12.1 Å². The van der Waals surface area contributed by atoms with E-state index in [1.54, 1.807) is 22.9 Å². The minimum absolute atomic E-state index is 0.102. The number of nitrogens with zero attached hydrogens (tertiary/aromatic N) is 4. The van der Waals surface area contributed by atoms with Gasteiger partial charge in [0.2, 0.25) is 5.91 Å². The van der Waals surface area contributed by atoms with Crippen LogP contribution in [0.1, 0.15) is 11.5 Å². The predicted molar refractivity (Wildman–Crippen MR) is 95.2 cm³/mol. The molecule has 1 aromatic heterocycles. The molecule has 1 aliphatic heterocycles. The van der Waals surface area contributed by atoms with Gasteiger partial charge in [-0.2, -0.15) is 0 Å². The summed E-state index contributed by atoms with van der Waals surface area (Å²) in [6.45, 7) is 0.581. The van der Waals surface area contributed by atoms with E-state index in [2.05, 4.69) is 10.2 Å². The van der Waals surface area contributed by atoms with Gasteiger partial charge in [-0.3, -0.25) is 9.59 Å². The molecule has 26 heavy (non-hydrogen) atoms. The number of hydrogen-bond acceptors (Lipinski definition) is 6. The lowest BCUT2D eigenvalue weighted by molar-refractivity contribution is -0.141. The highest BCUT2D eigenvalue weighted by Crippen LogP contribution is 2.34. The number of thioether (sulfide) groups is 1. The van der Waals surface area contributed by atoms with Gasteiger partial charge in [-0.05, 0) is 17.7 Å². The number of ether oxygens (including phenoxy) is 1. The molecular weight excluding hydrogens is 356 g/mol. The summed E-state index contributed by atoms with van der Waals surface area (Å²) in [4.78, 5) is 25.9. The van der Waals surface area contributed by atoms with Crippen LogP contribution in [-0.2, 0) is 16.6 Å². The van der Waals surface area contributed by atoms with E-state index in [4.69, 9.17) is 4.74 Å². The van der Waals surface area contributed by atoms with Gasteiger partial charge in [-0.25, -0.2) is 0 Å². The molecule has 0 saturated carbocycles. The van der Waals surface area contributed by atoms with Crippen molar-refractivity contribution >= 4 is 23.6 Å². The highest BCUT2D eigenvalue weighted by atomic mass is 32.2. The van der Waals surface area contributed by atoms with Crippen molar-refractivity contribution in [3.63, 3.8) is 0 Å². The molecule has 8 nitrogen and oxygen atoms in total. The van der Waals surface area contributed by atoms with E-state index < -0.39 is 11.9 Å². The molecular formula is C17H20N4O4S. The molecule has 1 aliphatic rings. The van der Waals surface area contributed by atoms with Gasteiger partial charge >= 0.3 is 5.97 Å². The zero-order valence-electron chi connectivity index (χ0n) is 14.5. The van der Waals surface area contributed by atoms with Crippen molar-refractivity contribution in [1.29, 1.82) is 0 Å². The van der Waals surface area contributed by atoms with Crippen LogP contribution in [0.2, 0.25) is 0 Å². The predicted octanol–water partition coefficient (Wildman–Crippen LogP) is 1.24. The maximum Gasteiger partial charge on any atom is 0.308 e. The Hall–Kier alpha value is -2.55. The van der Waals surface area contributed by atoms with Crippen molar-refractivity contribution in [3.8, 4) is 5.75 Å². The van der Waals surface area contributed by atoms with E-state index in [9.17, 15) is 14.7 Å². The molecule has 9 heteroatoms. The second kappa shape index (κ2) is 7.77. The summed E-state index contributed by atoms with van der Waals surface area (Å²) < 4.78 is 6.97. The van der Waals surface area contributed by atoms with Crippen LogP contribution in [0, 0.1) is 5.92 Å². The van der Waals surface area contributed by atoms with E-state index >= 15 is 0 Å². The standard InChI is InChI=1S/C17H20N4O4S/c1-20-10-18-19-17(20)26-9-15(22)21-7-13(14(8-21)16(23)24)11-4-3-5-12(6-11)25-2/h3-6,10,13-14H,7-9H2,1-2H3,(H,23,24)/t13-,14+/m0/s1. The van der Waals surface area contributed by atoms with Gasteiger partial charge in [-0.15, -0.1) is 10.2 Å². The van der Waals surface area contributed by atoms with Crippen molar-refractivity contribution < 1.29 is 19.4 Å². The molecule has 2 atom stereocenters. The summed E-state index contributed by atoms with van der Waals surface area (Å²) in [5, 5.41) is 18.0. The van der Waals surface area contributed by atoms with Crippen molar-refractivity contribution in [1.82, 2.24) is 19.7 Å². The summed E-state index contributed by atoms with van der Waals surface area (Å²) in [6, 6.07) is 7.37. The zero-order chi connectivity index (χ0) is 18.7. The Balaban J connectivity index is 1.71. The highest BCUT2D eigenvalue weighted by molar-refractivity contribution is 7.99. The lowest BCUT2D eigenvalue weighted by atomic mass is 9.89. The van der Waals surface area contributed by atoms with Crippen LogP contribution in [0.15, 0.2) is 35.7 Å². The smallest absolute Gasteiger partial charge is 0.308 e. The Morgan fingerprint density at radius 2 is 2.19 bits per heavy atom. The number of aromatic nitrogens is 3. The maximum absolute atomic E-state index is 12.5. The van der Waals surface area contributed by atoms with Crippen LogP contribution in [0.25, 0.3) is 0 Å². The summed E-state index contributed by atoms with van der Waals surface area (Å²) in [5.74, 6) is -1.01. The Morgan fingerprint density at radius 1 is 1.38 bits per heavy atom. The Bertz CT molecular complexity index is 810. The lowest BCUT2D eigenvalue weighted by Gasteiger charge is -2.16. The van der Waals surface area contributed by atoms with Crippen molar-refractivity contribution in [2.24, 2.45) is 13.0 Å². The fraction of sp³-hybridized carbons (Fsp3) is 0.412. The molecule has 2 heterocycles. The quantitative estimate of drug-likeness (QED) is 0.758. The number of carbonyl (C=O) groups excluding carboxylic acids is 1. The number of methoxy groups -OCH3 is 1. The second-order valence-electron chi connectivity index (χ2n) is 6.14. The molecule has 1 N–H and O–H groups in total. The first kappa shape index (κ1) is 18.2. The molecule has 2 aromatic rings. The van der Waals surface area contributed by atoms with Gasteiger partial charge in [0, 0.05) is 26.1 Å². The minimum Gasteiger partial charge on any atom is -0.497 e. The minimum atomic E-state index is -0.894. The van der Waals surface area contributed by atoms with Crippen molar-refractivity contribution in [3.05, 3.63) is 36.2 Å². The van der Waals surface area contributed by atoms with Crippen LogP contribution >= 0.6 is 11.8 Å². The van der Waals surface area contributed by atoms with Gasteiger partial charge in [0.15, 0.2) is 5.16 Å².